The van der Waals surface area contributed by atoms with Crippen LogP contribution in [-0.2, 0) is 0 Å². The summed E-state index contributed by atoms with van der Waals surface area (Å²) in [4.78, 5) is 7.72. The molecule has 0 amide bonds. The van der Waals surface area contributed by atoms with Crippen molar-refractivity contribution in [3.63, 3.8) is 0 Å². The van der Waals surface area contributed by atoms with E-state index >= 15 is 0 Å². The lowest BCUT2D eigenvalue weighted by Gasteiger charge is -2.15. The van der Waals surface area contributed by atoms with Gasteiger partial charge in [-0.1, -0.05) is 13.8 Å². The van der Waals surface area contributed by atoms with E-state index in [1.807, 2.05) is 13.8 Å². The third-order valence-corrected chi connectivity index (χ3v) is 1.94. The average Bonchev–Trinajstić information content (AvgIpc) is 2.14. The standard InChI is InChI=1S/C9H16N4O/c1-6(2)7(14)5-12-8-3-4-11-9(10)13-8/h3-4,6-7,14H,5H2,1-2H3,(H3,10,11,12,13). The molecule has 0 aliphatic rings. The van der Waals surface area contributed by atoms with Crippen molar-refractivity contribution in [1.82, 2.24) is 9.97 Å². The molecule has 0 saturated carbocycles. The summed E-state index contributed by atoms with van der Waals surface area (Å²) >= 11 is 0. The Hall–Kier alpha value is -1.36. The molecule has 0 saturated heterocycles. The van der Waals surface area contributed by atoms with Crippen molar-refractivity contribution in [2.24, 2.45) is 5.92 Å². The second-order valence-electron chi connectivity index (χ2n) is 3.49. The highest BCUT2D eigenvalue weighted by Gasteiger charge is 2.08. The van der Waals surface area contributed by atoms with Crippen molar-refractivity contribution in [2.45, 2.75) is 20.0 Å². The number of nitrogens with zero attached hydrogens (tertiary/aromatic N) is 2. The zero-order valence-corrected chi connectivity index (χ0v) is 8.44. The van der Waals surface area contributed by atoms with Crippen LogP contribution < -0.4 is 11.1 Å². The van der Waals surface area contributed by atoms with Crippen molar-refractivity contribution < 1.29 is 5.11 Å². The monoisotopic (exact) mass is 196 g/mol. The molecule has 14 heavy (non-hydrogen) atoms. The number of hydrogen-bond donors (Lipinski definition) is 3. The summed E-state index contributed by atoms with van der Waals surface area (Å²) in [5.41, 5.74) is 5.40. The first-order valence-electron chi connectivity index (χ1n) is 4.60. The van der Waals surface area contributed by atoms with E-state index in [4.69, 9.17) is 5.73 Å². The van der Waals surface area contributed by atoms with Crippen LogP contribution in [0.2, 0.25) is 0 Å². The lowest BCUT2D eigenvalue weighted by molar-refractivity contribution is 0.138. The Balaban J connectivity index is 2.45. The number of aliphatic hydroxyl groups is 1. The fraction of sp³-hybridized carbons (Fsp3) is 0.556. The molecule has 1 aromatic heterocycles. The van der Waals surface area contributed by atoms with Crippen LogP contribution in [0.4, 0.5) is 11.8 Å². The zero-order valence-electron chi connectivity index (χ0n) is 8.44. The molecule has 1 heterocycles. The smallest absolute Gasteiger partial charge is 0.221 e. The lowest BCUT2D eigenvalue weighted by atomic mass is 10.1. The fourth-order valence-electron chi connectivity index (χ4n) is 0.917. The molecule has 0 fully saturated rings. The van der Waals surface area contributed by atoms with E-state index in [0.717, 1.165) is 0 Å². The summed E-state index contributed by atoms with van der Waals surface area (Å²) in [5.74, 6) is 1.09. The highest BCUT2D eigenvalue weighted by Crippen LogP contribution is 2.05. The van der Waals surface area contributed by atoms with Crippen LogP contribution in [0.3, 0.4) is 0 Å². The molecular formula is C9H16N4O. The summed E-state index contributed by atoms with van der Waals surface area (Å²) < 4.78 is 0. The highest BCUT2D eigenvalue weighted by molar-refractivity contribution is 5.37. The lowest BCUT2D eigenvalue weighted by Crippen LogP contribution is -2.25. The molecule has 0 aliphatic carbocycles. The Bertz CT molecular complexity index is 290. The van der Waals surface area contributed by atoms with Gasteiger partial charge in [0.25, 0.3) is 0 Å². The van der Waals surface area contributed by atoms with Gasteiger partial charge in [-0.15, -0.1) is 0 Å². The largest absolute Gasteiger partial charge is 0.391 e. The first kappa shape index (κ1) is 10.7. The van der Waals surface area contributed by atoms with E-state index in [0.29, 0.717) is 12.4 Å². The summed E-state index contributed by atoms with van der Waals surface area (Å²) in [6.45, 7) is 4.38. The second kappa shape index (κ2) is 4.76. The van der Waals surface area contributed by atoms with Gasteiger partial charge in [0.15, 0.2) is 0 Å². The maximum absolute atomic E-state index is 9.52. The molecular weight excluding hydrogens is 180 g/mol. The molecule has 5 nitrogen and oxygen atoms in total. The van der Waals surface area contributed by atoms with Crippen molar-refractivity contribution >= 4 is 11.8 Å². The van der Waals surface area contributed by atoms with Gasteiger partial charge in [0, 0.05) is 12.7 Å². The normalized spacial score (nSPS) is 12.9. The van der Waals surface area contributed by atoms with E-state index in [2.05, 4.69) is 15.3 Å². The molecule has 5 heteroatoms. The Morgan fingerprint density at radius 3 is 2.86 bits per heavy atom. The van der Waals surface area contributed by atoms with E-state index in [1.54, 1.807) is 12.3 Å². The Morgan fingerprint density at radius 1 is 1.57 bits per heavy atom. The highest BCUT2D eigenvalue weighted by atomic mass is 16.3. The van der Waals surface area contributed by atoms with E-state index in [-0.39, 0.29) is 18.0 Å². The third kappa shape index (κ3) is 3.18. The van der Waals surface area contributed by atoms with Gasteiger partial charge in [-0.3, -0.25) is 0 Å². The van der Waals surface area contributed by atoms with Crippen molar-refractivity contribution in [1.29, 1.82) is 0 Å². The number of aliphatic hydroxyl groups excluding tert-OH is 1. The van der Waals surface area contributed by atoms with Crippen LogP contribution in [0.25, 0.3) is 0 Å². The number of nitrogens with one attached hydrogen (secondary N) is 1. The first-order chi connectivity index (χ1) is 6.59. The van der Waals surface area contributed by atoms with Crippen LogP contribution in [0.1, 0.15) is 13.8 Å². The molecule has 0 radical (unpaired) electrons. The van der Waals surface area contributed by atoms with Crippen LogP contribution in [-0.4, -0.2) is 27.7 Å². The van der Waals surface area contributed by atoms with Gasteiger partial charge in [-0.25, -0.2) is 4.98 Å². The van der Waals surface area contributed by atoms with Gasteiger partial charge in [0.05, 0.1) is 6.10 Å². The van der Waals surface area contributed by atoms with Crippen LogP contribution in [0.5, 0.6) is 0 Å². The Morgan fingerprint density at radius 2 is 2.29 bits per heavy atom. The van der Waals surface area contributed by atoms with Gasteiger partial charge in [-0.2, -0.15) is 4.98 Å². The van der Waals surface area contributed by atoms with Gasteiger partial charge in [0.2, 0.25) is 5.95 Å². The minimum Gasteiger partial charge on any atom is -0.391 e. The second-order valence-corrected chi connectivity index (χ2v) is 3.49. The van der Waals surface area contributed by atoms with Crippen molar-refractivity contribution in [2.75, 3.05) is 17.6 Å². The molecule has 0 spiro atoms. The van der Waals surface area contributed by atoms with E-state index in [9.17, 15) is 5.11 Å². The number of nitrogens with two attached hydrogens (primary N) is 1. The summed E-state index contributed by atoms with van der Waals surface area (Å²) in [6, 6.07) is 1.71. The number of hydrogen-bond acceptors (Lipinski definition) is 5. The predicted octanol–water partition coefficient (Wildman–Crippen LogP) is 0.488. The average molecular weight is 196 g/mol. The molecule has 1 atom stereocenters. The minimum atomic E-state index is -0.383. The molecule has 78 valence electrons. The minimum absolute atomic E-state index is 0.224. The van der Waals surface area contributed by atoms with Crippen molar-refractivity contribution in [3.8, 4) is 0 Å². The quantitative estimate of drug-likeness (QED) is 0.652. The molecule has 1 aromatic rings. The SMILES string of the molecule is CC(C)C(O)CNc1ccnc(N)n1. The molecule has 1 unspecified atom stereocenters. The number of nitrogen functional groups attached to an aromatic ring is 1. The van der Waals surface area contributed by atoms with Crippen LogP contribution >= 0.6 is 0 Å². The first-order valence-corrected chi connectivity index (χ1v) is 4.60. The molecule has 1 rings (SSSR count). The summed E-state index contributed by atoms with van der Waals surface area (Å²) in [5, 5.41) is 12.5. The third-order valence-electron chi connectivity index (χ3n) is 1.94. The Labute approximate surface area is 83.4 Å². The van der Waals surface area contributed by atoms with Crippen molar-refractivity contribution in [3.05, 3.63) is 12.3 Å². The van der Waals surface area contributed by atoms with Gasteiger partial charge < -0.3 is 16.2 Å². The Kier molecular flexibility index (Phi) is 3.64. The van der Waals surface area contributed by atoms with E-state index < -0.39 is 0 Å². The van der Waals surface area contributed by atoms with Crippen LogP contribution in [0, 0.1) is 5.92 Å². The van der Waals surface area contributed by atoms with Gasteiger partial charge in [-0.05, 0) is 12.0 Å². The fourth-order valence-corrected chi connectivity index (χ4v) is 0.917. The molecule has 0 aliphatic heterocycles. The topological polar surface area (TPSA) is 84.1 Å². The van der Waals surface area contributed by atoms with Gasteiger partial charge >= 0.3 is 0 Å². The maximum atomic E-state index is 9.52. The van der Waals surface area contributed by atoms with Gasteiger partial charge in [0.1, 0.15) is 5.82 Å². The zero-order chi connectivity index (χ0) is 10.6. The predicted molar refractivity (Wildman–Crippen MR) is 55.8 cm³/mol. The van der Waals surface area contributed by atoms with E-state index in [1.165, 1.54) is 0 Å². The molecule has 0 aromatic carbocycles. The number of rotatable bonds is 4. The number of anilines is 2. The summed E-state index contributed by atoms with van der Waals surface area (Å²) in [7, 11) is 0. The number of aromatic nitrogens is 2. The molecule has 0 bridgehead atoms. The summed E-state index contributed by atoms with van der Waals surface area (Å²) in [6.07, 6.45) is 1.19. The maximum Gasteiger partial charge on any atom is 0.221 e. The molecule has 4 N–H and O–H groups in total. The van der Waals surface area contributed by atoms with Crippen LogP contribution in [0.15, 0.2) is 12.3 Å².